The van der Waals surface area contributed by atoms with Gasteiger partial charge in [-0.3, -0.25) is 9.79 Å². The molecule has 9 heteroatoms. The summed E-state index contributed by atoms with van der Waals surface area (Å²) in [6, 6.07) is 11.0. The molecule has 1 atom stereocenters. The highest BCUT2D eigenvalue weighted by Crippen LogP contribution is 2.32. The van der Waals surface area contributed by atoms with Crippen molar-refractivity contribution in [2.24, 2.45) is 4.99 Å². The van der Waals surface area contributed by atoms with Gasteiger partial charge in [-0.1, -0.05) is 27.7 Å². The van der Waals surface area contributed by atoms with Gasteiger partial charge in [0.15, 0.2) is 4.34 Å². The van der Waals surface area contributed by atoms with Gasteiger partial charge in [-0.25, -0.2) is 4.98 Å². The first-order valence-electron chi connectivity index (χ1n) is 9.51. The van der Waals surface area contributed by atoms with E-state index in [0.29, 0.717) is 17.9 Å². The Morgan fingerprint density at radius 3 is 3.13 bits per heavy atom. The summed E-state index contributed by atoms with van der Waals surface area (Å²) in [5.41, 5.74) is 2.29. The number of halogens is 1. The minimum Gasteiger partial charge on any atom is -0.507 e. The lowest BCUT2D eigenvalue weighted by Crippen LogP contribution is -2.32. The summed E-state index contributed by atoms with van der Waals surface area (Å²) < 4.78 is 8.25. The molecule has 1 aromatic heterocycles. The van der Waals surface area contributed by atoms with Gasteiger partial charge < -0.3 is 15.2 Å². The molecule has 1 saturated heterocycles. The zero-order valence-electron chi connectivity index (χ0n) is 16.0. The summed E-state index contributed by atoms with van der Waals surface area (Å²) >= 11 is 6.37. The van der Waals surface area contributed by atoms with Crippen molar-refractivity contribution in [3.63, 3.8) is 0 Å². The average molecular weight is 506 g/mol. The van der Waals surface area contributed by atoms with E-state index in [-0.39, 0.29) is 17.8 Å². The molecule has 156 valence electrons. The monoisotopic (exact) mass is 505 g/mol. The number of amides is 1. The van der Waals surface area contributed by atoms with E-state index in [9.17, 15) is 9.90 Å². The predicted octanol–water partition coefficient (Wildman–Crippen LogP) is 4.90. The van der Waals surface area contributed by atoms with E-state index < -0.39 is 0 Å². The molecule has 0 radical (unpaired) electrons. The van der Waals surface area contributed by atoms with Crippen LogP contribution in [0.4, 0.5) is 5.69 Å². The zero-order chi connectivity index (χ0) is 20.9. The van der Waals surface area contributed by atoms with Crippen molar-refractivity contribution in [3.8, 4) is 5.75 Å². The Balaban J connectivity index is 1.36. The van der Waals surface area contributed by atoms with Gasteiger partial charge >= 0.3 is 0 Å². The fraction of sp³-hybridized carbons (Fsp3) is 0.286. The van der Waals surface area contributed by atoms with E-state index in [1.807, 2.05) is 24.3 Å². The molecular formula is C21H20BrN3O3S2. The van der Waals surface area contributed by atoms with Gasteiger partial charge in [0.25, 0.3) is 0 Å². The summed E-state index contributed by atoms with van der Waals surface area (Å²) in [7, 11) is 0. The van der Waals surface area contributed by atoms with Gasteiger partial charge in [0.2, 0.25) is 5.91 Å². The number of thioether (sulfide) groups is 1. The van der Waals surface area contributed by atoms with E-state index in [4.69, 9.17) is 4.74 Å². The van der Waals surface area contributed by atoms with Crippen LogP contribution in [0, 0.1) is 0 Å². The van der Waals surface area contributed by atoms with Gasteiger partial charge in [-0.15, -0.1) is 11.3 Å². The summed E-state index contributed by atoms with van der Waals surface area (Å²) in [4.78, 5) is 21.1. The number of nitrogens with one attached hydrogen (secondary N) is 1. The molecule has 4 rings (SSSR count). The van der Waals surface area contributed by atoms with Gasteiger partial charge in [-0.05, 0) is 49.2 Å². The molecular weight excluding hydrogens is 486 g/mol. The van der Waals surface area contributed by atoms with Crippen molar-refractivity contribution in [2.75, 3.05) is 18.9 Å². The van der Waals surface area contributed by atoms with Crippen molar-refractivity contribution in [1.82, 2.24) is 10.3 Å². The van der Waals surface area contributed by atoms with Gasteiger partial charge in [-0.2, -0.15) is 0 Å². The van der Waals surface area contributed by atoms with Crippen LogP contribution in [0.1, 0.15) is 18.4 Å². The third-order valence-electron chi connectivity index (χ3n) is 4.57. The lowest BCUT2D eigenvalue weighted by atomic mass is 10.2. The van der Waals surface area contributed by atoms with Crippen LogP contribution in [0.15, 0.2) is 50.2 Å². The van der Waals surface area contributed by atoms with Gasteiger partial charge in [0.1, 0.15) is 5.75 Å². The largest absolute Gasteiger partial charge is 0.507 e. The molecule has 1 fully saturated rings. The predicted molar refractivity (Wildman–Crippen MR) is 125 cm³/mol. The first kappa shape index (κ1) is 21.3. The quantitative estimate of drug-likeness (QED) is 0.352. The number of phenolic OH excluding ortho intramolecular Hbond substituents is 1. The number of benzene rings is 2. The van der Waals surface area contributed by atoms with Crippen LogP contribution in [-0.4, -0.2) is 47.2 Å². The molecule has 0 saturated carbocycles. The number of rotatable bonds is 7. The molecule has 1 amide bonds. The highest BCUT2D eigenvalue weighted by molar-refractivity contribution is 9.10. The number of thiazole rings is 1. The average Bonchev–Trinajstić information content (AvgIpc) is 3.40. The number of aliphatic imine (C=N–C) groups is 1. The Kier molecular flexibility index (Phi) is 7.04. The van der Waals surface area contributed by atoms with Crippen molar-refractivity contribution >= 4 is 67.1 Å². The minimum absolute atomic E-state index is 0.00567. The number of hydrogen-bond acceptors (Lipinski definition) is 7. The van der Waals surface area contributed by atoms with Crippen LogP contribution < -0.4 is 5.32 Å². The second-order valence-electron chi connectivity index (χ2n) is 6.82. The molecule has 2 aromatic carbocycles. The van der Waals surface area contributed by atoms with Crippen molar-refractivity contribution in [3.05, 3.63) is 46.4 Å². The highest BCUT2D eigenvalue weighted by atomic mass is 79.9. The third-order valence-corrected chi connectivity index (χ3v) is 7.23. The number of ether oxygens (including phenoxy) is 1. The van der Waals surface area contributed by atoms with E-state index in [0.717, 1.165) is 44.2 Å². The normalized spacial score (nSPS) is 16.5. The molecule has 1 aliphatic heterocycles. The Morgan fingerprint density at radius 1 is 1.40 bits per heavy atom. The third kappa shape index (κ3) is 5.60. The van der Waals surface area contributed by atoms with Crippen LogP contribution >= 0.6 is 39.0 Å². The Labute approximate surface area is 190 Å². The molecule has 0 unspecified atom stereocenters. The number of carbonyl (C=O) groups excluding carboxylic acids is 1. The summed E-state index contributed by atoms with van der Waals surface area (Å²) in [6.07, 6.45) is 3.87. The van der Waals surface area contributed by atoms with E-state index >= 15 is 0 Å². The number of hydrogen-bond donors (Lipinski definition) is 2. The summed E-state index contributed by atoms with van der Waals surface area (Å²) in [5, 5.41) is 12.9. The second kappa shape index (κ2) is 9.91. The van der Waals surface area contributed by atoms with E-state index in [1.54, 1.807) is 29.7 Å². The van der Waals surface area contributed by atoms with Crippen LogP contribution in [0.25, 0.3) is 10.2 Å². The van der Waals surface area contributed by atoms with Crippen molar-refractivity contribution < 1.29 is 14.6 Å². The second-order valence-corrected chi connectivity index (χ2v) is 9.99. The zero-order valence-corrected chi connectivity index (χ0v) is 19.2. The van der Waals surface area contributed by atoms with Crippen molar-refractivity contribution in [2.45, 2.75) is 23.3 Å². The van der Waals surface area contributed by atoms with E-state index in [1.165, 1.54) is 11.8 Å². The number of aromatic hydroxyl groups is 1. The topological polar surface area (TPSA) is 83.8 Å². The SMILES string of the molecule is O=C(CSc1nc2ccc(N=Cc3cc(Br)ccc3O)cc2s1)NC[C@H]1CCCO1. The maximum absolute atomic E-state index is 12.1. The van der Waals surface area contributed by atoms with E-state index in [2.05, 4.69) is 31.2 Å². The van der Waals surface area contributed by atoms with Crippen LogP contribution in [0.3, 0.4) is 0 Å². The Bertz CT molecular complexity index is 1080. The number of fused-ring (bicyclic) bond motifs is 1. The molecule has 30 heavy (non-hydrogen) atoms. The van der Waals surface area contributed by atoms with Crippen LogP contribution in [0.2, 0.25) is 0 Å². The molecule has 2 heterocycles. The number of phenols is 1. The Morgan fingerprint density at radius 2 is 2.30 bits per heavy atom. The molecule has 2 N–H and O–H groups in total. The maximum atomic E-state index is 12.1. The molecule has 3 aromatic rings. The number of carbonyl (C=O) groups is 1. The van der Waals surface area contributed by atoms with Gasteiger partial charge in [0, 0.05) is 29.4 Å². The first-order valence-corrected chi connectivity index (χ1v) is 12.1. The van der Waals surface area contributed by atoms with Crippen LogP contribution in [0.5, 0.6) is 5.75 Å². The maximum Gasteiger partial charge on any atom is 0.230 e. The standard InChI is InChI=1S/C21H20BrN3O3S2/c22-14-3-6-18(26)13(8-14)10-23-15-4-5-17-19(9-15)30-21(25-17)29-12-20(27)24-11-16-2-1-7-28-16/h3-6,8-10,16,26H,1-2,7,11-12H2,(H,24,27)/t16-/m1/s1. The first-order chi connectivity index (χ1) is 14.6. The fourth-order valence-electron chi connectivity index (χ4n) is 3.02. The highest BCUT2D eigenvalue weighted by Gasteiger charge is 2.16. The summed E-state index contributed by atoms with van der Waals surface area (Å²) in [5.74, 6) is 0.505. The number of nitrogens with zero attached hydrogens (tertiary/aromatic N) is 2. The van der Waals surface area contributed by atoms with Gasteiger partial charge in [0.05, 0.1) is 27.8 Å². The molecule has 0 aliphatic carbocycles. The van der Waals surface area contributed by atoms with Crippen molar-refractivity contribution in [1.29, 1.82) is 0 Å². The summed E-state index contributed by atoms with van der Waals surface area (Å²) in [6.45, 7) is 1.37. The molecule has 0 spiro atoms. The molecule has 1 aliphatic rings. The van der Waals surface area contributed by atoms with Crippen LogP contribution in [-0.2, 0) is 9.53 Å². The number of aromatic nitrogens is 1. The smallest absolute Gasteiger partial charge is 0.230 e. The lowest BCUT2D eigenvalue weighted by molar-refractivity contribution is -0.119. The molecule has 6 nitrogen and oxygen atoms in total. The fourth-order valence-corrected chi connectivity index (χ4v) is 5.33. The Hall–Kier alpha value is -1.94. The molecule has 0 bridgehead atoms. The lowest BCUT2D eigenvalue weighted by Gasteiger charge is -2.09. The minimum atomic E-state index is -0.00567.